The molecule has 0 aromatic carbocycles. The summed E-state index contributed by atoms with van der Waals surface area (Å²) in [6.07, 6.45) is -0.0519. The average Bonchev–Trinajstić information content (AvgIpc) is 2.57. The number of nitrogens with zero attached hydrogens (tertiary/aromatic N) is 3. The van der Waals surface area contributed by atoms with Crippen molar-refractivity contribution in [1.82, 2.24) is 14.7 Å². The average molecular weight is 247 g/mol. The van der Waals surface area contributed by atoms with Gasteiger partial charge in [0, 0.05) is 39.1 Å². The van der Waals surface area contributed by atoms with Crippen LogP contribution in [0.5, 0.6) is 0 Å². The predicted molar refractivity (Wildman–Crippen MR) is 60.1 cm³/mol. The molecule has 6 heteroatoms. The lowest BCUT2D eigenvalue weighted by Crippen LogP contribution is -2.50. The number of amides is 1. The second kappa shape index (κ2) is 4.86. The molecule has 0 aliphatic carbocycles. The molecule has 0 atom stereocenters. The second-order valence-corrected chi connectivity index (χ2v) is 5.00. The molecule has 1 amide bonds. The molecule has 0 radical (unpaired) electrons. The zero-order valence-electron chi connectivity index (χ0n) is 10.2. The summed E-state index contributed by atoms with van der Waals surface area (Å²) < 4.78 is 25.9. The molecular weight excluding hydrogens is 228 g/mol. The quantitative estimate of drug-likeness (QED) is 0.708. The Bertz CT molecular complexity index is 298. The molecule has 2 saturated heterocycles. The minimum atomic E-state index is -2.54. The van der Waals surface area contributed by atoms with Gasteiger partial charge in [-0.25, -0.2) is 8.78 Å². The SMILES string of the molecule is CN1CCN(CCN2CCC(F)(F)C2)C(=O)C1. The maximum Gasteiger partial charge on any atom is 0.261 e. The first-order valence-corrected chi connectivity index (χ1v) is 6.03. The van der Waals surface area contributed by atoms with E-state index < -0.39 is 5.92 Å². The molecule has 0 bridgehead atoms. The lowest BCUT2D eigenvalue weighted by molar-refractivity contribution is -0.135. The van der Waals surface area contributed by atoms with Crippen LogP contribution in [0, 0.1) is 0 Å². The van der Waals surface area contributed by atoms with Crippen molar-refractivity contribution in [3.8, 4) is 0 Å². The molecule has 2 heterocycles. The van der Waals surface area contributed by atoms with Crippen LogP contribution in [0.25, 0.3) is 0 Å². The van der Waals surface area contributed by atoms with Crippen LogP contribution in [0.15, 0.2) is 0 Å². The van der Waals surface area contributed by atoms with E-state index in [0.717, 1.165) is 6.54 Å². The van der Waals surface area contributed by atoms with Gasteiger partial charge >= 0.3 is 0 Å². The maximum atomic E-state index is 13.0. The molecule has 2 fully saturated rings. The molecule has 0 unspecified atom stereocenters. The fourth-order valence-corrected chi connectivity index (χ4v) is 2.32. The fourth-order valence-electron chi connectivity index (χ4n) is 2.32. The number of halogens is 2. The molecule has 0 saturated carbocycles. The summed E-state index contributed by atoms with van der Waals surface area (Å²) in [4.78, 5) is 17.1. The Labute approximate surface area is 100 Å². The van der Waals surface area contributed by atoms with E-state index in [1.807, 2.05) is 11.9 Å². The van der Waals surface area contributed by atoms with Gasteiger partial charge in [-0.15, -0.1) is 0 Å². The highest BCUT2D eigenvalue weighted by atomic mass is 19.3. The van der Waals surface area contributed by atoms with Gasteiger partial charge in [-0.05, 0) is 7.05 Å². The monoisotopic (exact) mass is 247 g/mol. The van der Waals surface area contributed by atoms with Gasteiger partial charge in [0.1, 0.15) is 0 Å². The predicted octanol–water partition coefficient (Wildman–Crippen LogP) is 0.101. The van der Waals surface area contributed by atoms with E-state index in [1.165, 1.54) is 0 Å². The molecule has 2 rings (SSSR count). The highest BCUT2D eigenvalue weighted by Crippen LogP contribution is 2.26. The number of carbonyl (C=O) groups is 1. The van der Waals surface area contributed by atoms with Crippen LogP contribution < -0.4 is 0 Å². The van der Waals surface area contributed by atoms with Crippen molar-refractivity contribution in [2.24, 2.45) is 0 Å². The van der Waals surface area contributed by atoms with E-state index in [0.29, 0.717) is 32.7 Å². The molecule has 17 heavy (non-hydrogen) atoms. The number of rotatable bonds is 3. The van der Waals surface area contributed by atoms with E-state index >= 15 is 0 Å². The zero-order valence-corrected chi connectivity index (χ0v) is 10.2. The van der Waals surface area contributed by atoms with Gasteiger partial charge in [-0.1, -0.05) is 0 Å². The highest BCUT2D eigenvalue weighted by Gasteiger charge is 2.38. The zero-order chi connectivity index (χ0) is 12.5. The molecule has 0 aromatic rings. The maximum absolute atomic E-state index is 13.0. The number of hydrogen-bond acceptors (Lipinski definition) is 3. The van der Waals surface area contributed by atoms with E-state index in [4.69, 9.17) is 0 Å². The summed E-state index contributed by atoms with van der Waals surface area (Å²) in [5.41, 5.74) is 0. The molecule has 0 aromatic heterocycles. The topological polar surface area (TPSA) is 26.8 Å². The summed E-state index contributed by atoms with van der Waals surface area (Å²) in [5, 5.41) is 0. The van der Waals surface area contributed by atoms with Crippen molar-refractivity contribution in [3.63, 3.8) is 0 Å². The Balaban J connectivity index is 1.74. The Morgan fingerprint density at radius 1 is 1.24 bits per heavy atom. The van der Waals surface area contributed by atoms with Gasteiger partial charge in [-0.3, -0.25) is 14.6 Å². The normalized spacial score (nSPS) is 26.8. The number of likely N-dealkylation sites (tertiary alicyclic amines) is 1. The number of hydrogen-bond donors (Lipinski definition) is 0. The van der Waals surface area contributed by atoms with Crippen LogP contribution in [0.2, 0.25) is 0 Å². The van der Waals surface area contributed by atoms with Crippen LogP contribution in [0.1, 0.15) is 6.42 Å². The largest absolute Gasteiger partial charge is 0.339 e. The van der Waals surface area contributed by atoms with Gasteiger partial charge in [0.05, 0.1) is 13.1 Å². The summed E-state index contributed by atoms with van der Waals surface area (Å²) >= 11 is 0. The minimum absolute atomic E-state index is 0.0519. The van der Waals surface area contributed by atoms with Gasteiger partial charge < -0.3 is 4.90 Å². The molecule has 0 spiro atoms. The third-order valence-corrected chi connectivity index (χ3v) is 3.44. The van der Waals surface area contributed by atoms with E-state index in [1.54, 1.807) is 9.80 Å². The van der Waals surface area contributed by atoms with Crippen molar-refractivity contribution in [2.45, 2.75) is 12.3 Å². The van der Waals surface area contributed by atoms with Crippen LogP contribution in [-0.2, 0) is 4.79 Å². The molecular formula is C11H19F2N3O. The number of likely N-dealkylation sites (N-methyl/N-ethyl adjacent to an activating group) is 1. The lowest BCUT2D eigenvalue weighted by Gasteiger charge is -2.33. The Kier molecular flexibility index (Phi) is 3.63. The van der Waals surface area contributed by atoms with Crippen molar-refractivity contribution in [3.05, 3.63) is 0 Å². The van der Waals surface area contributed by atoms with Gasteiger partial charge in [0.2, 0.25) is 5.91 Å². The Morgan fingerprint density at radius 3 is 2.59 bits per heavy atom. The first kappa shape index (κ1) is 12.7. The first-order valence-electron chi connectivity index (χ1n) is 6.03. The molecule has 0 N–H and O–H groups in total. The number of alkyl halides is 2. The van der Waals surface area contributed by atoms with Crippen molar-refractivity contribution >= 4 is 5.91 Å². The Morgan fingerprint density at radius 2 is 2.00 bits per heavy atom. The Hall–Kier alpha value is -0.750. The van der Waals surface area contributed by atoms with E-state index in [2.05, 4.69) is 0 Å². The van der Waals surface area contributed by atoms with E-state index in [-0.39, 0.29) is 18.9 Å². The number of carbonyl (C=O) groups excluding carboxylic acids is 1. The smallest absolute Gasteiger partial charge is 0.261 e. The molecule has 2 aliphatic rings. The second-order valence-electron chi connectivity index (χ2n) is 5.00. The third kappa shape index (κ3) is 3.35. The highest BCUT2D eigenvalue weighted by molar-refractivity contribution is 5.78. The summed E-state index contributed by atoms with van der Waals surface area (Å²) in [6, 6.07) is 0. The first-order chi connectivity index (χ1) is 7.96. The lowest BCUT2D eigenvalue weighted by atomic mass is 10.3. The van der Waals surface area contributed by atoms with Crippen LogP contribution >= 0.6 is 0 Å². The summed E-state index contributed by atoms with van der Waals surface area (Å²) in [5.74, 6) is -2.43. The van der Waals surface area contributed by atoms with Crippen LogP contribution in [-0.4, -0.2) is 79.4 Å². The minimum Gasteiger partial charge on any atom is -0.339 e. The van der Waals surface area contributed by atoms with Crippen molar-refractivity contribution in [2.75, 3.05) is 52.9 Å². The molecule has 2 aliphatic heterocycles. The van der Waals surface area contributed by atoms with E-state index in [9.17, 15) is 13.6 Å². The van der Waals surface area contributed by atoms with Crippen LogP contribution in [0.3, 0.4) is 0 Å². The summed E-state index contributed by atoms with van der Waals surface area (Å²) in [6.45, 7) is 3.43. The van der Waals surface area contributed by atoms with Gasteiger partial charge in [-0.2, -0.15) is 0 Å². The molecule has 98 valence electrons. The number of piperazine rings is 1. The standard InChI is InChI=1S/C11H19F2N3O/c1-14-4-6-16(10(17)8-14)7-5-15-3-2-11(12,13)9-15/h2-9H2,1H3. The third-order valence-electron chi connectivity index (χ3n) is 3.44. The van der Waals surface area contributed by atoms with Crippen molar-refractivity contribution in [1.29, 1.82) is 0 Å². The molecule has 4 nitrogen and oxygen atoms in total. The van der Waals surface area contributed by atoms with Crippen molar-refractivity contribution < 1.29 is 13.6 Å². The van der Waals surface area contributed by atoms with Gasteiger partial charge in [0.25, 0.3) is 5.92 Å². The summed E-state index contributed by atoms with van der Waals surface area (Å²) in [7, 11) is 1.91. The van der Waals surface area contributed by atoms with Crippen LogP contribution in [0.4, 0.5) is 8.78 Å². The van der Waals surface area contributed by atoms with Gasteiger partial charge in [0.15, 0.2) is 0 Å². The fraction of sp³-hybridized carbons (Fsp3) is 0.909.